The average molecular weight is 360 g/mol. The minimum Gasteiger partial charge on any atom is -0.366 e. The largest absolute Gasteiger partial charge is 0.366 e. The molecule has 8 nitrogen and oxygen atoms in total. The summed E-state index contributed by atoms with van der Waals surface area (Å²) in [6, 6.07) is 11.0. The van der Waals surface area contributed by atoms with Gasteiger partial charge in [0.1, 0.15) is 4.90 Å². The molecular weight excluding hydrogens is 344 g/mol. The first kappa shape index (κ1) is 16.9. The number of para-hydroxylation sites is 1. The van der Waals surface area contributed by atoms with Gasteiger partial charge in [0, 0.05) is 0 Å². The zero-order chi connectivity index (χ0) is 18.2. The van der Waals surface area contributed by atoms with Gasteiger partial charge >= 0.3 is 0 Å². The Morgan fingerprint density at radius 3 is 2.60 bits per heavy atom. The minimum atomic E-state index is -3.84. The van der Waals surface area contributed by atoms with Crippen molar-refractivity contribution >= 4 is 33.2 Å². The van der Waals surface area contributed by atoms with Gasteiger partial charge in [-0.1, -0.05) is 18.2 Å². The number of fused-ring (bicyclic) bond motifs is 1. The Morgan fingerprint density at radius 2 is 1.88 bits per heavy atom. The molecule has 1 aliphatic heterocycles. The number of anilines is 2. The molecule has 0 spiro atoms. The number of nitrogens with two attached hydrogens (primary N) is 1. The third kappa shape index (κ3) is 3.32. The van der Waals surface area contributed by atoms with Gasteiger partial charge in [-0.05, 0) is 36.8 Å². The van der Waals surface area contributed by atoms with E-state index in [0.29, 0.717) is 5.69 Å². The summed E-state index contributed by atoms with van der Waals surface area (Å²) in [6.45, 7) is 1.81. The van der Waals surface area contributed by atoms with E-state index in [0.717, 1.165) is 5.56 Å². The Morgan fingerprint density at radius 1 is 1.16 bits per heavy atom. The standard InChI is InChI=1S/C16H16N4O4S/c1-9-6-7-13-12(8-9)18-15(20-25(13,23)24)16(22)19-11-5-3-2-4-10(11)14(17)21/h2-8,15,18,20H,1H3,(H2,17,21)(H,19,22)/t15-/m0/s1. The Hall–Kier alpha value is -2.91. The summed E-state index contributed by atoms with van der Waals surface area (Å²) >= 11 is 0. The van der Waals surface area contributed by atoms with Crippen molar-refractivity contribution in [3.8, 4) is 0 Å². The maximum atomic E-state index is 12.5. The Bertz CT molecular complexity index is 972. The number of rotatable bonds is 3. The second-order valence-corrected chi connectivity index (χ2v) is 7.28. The summed E-state index contributed by atoms with van der Waals surface area (Å²) in [5, 5.41) is 5.36. The van der Waals surface area contributed by atoms with E-state index >= 15 is 0 Å². The summed E-state index contributed by atoms with van der Waals surface area (Å²) in [7, 11) is -3.84. The van der Waals surface area contributed by atoms with Crippen molar-refractivity contribution in [2.75, 3.05) is 10.6 Å². The number of carbonyl (C=O) groups excluding carboxylic acids is 2. The van der Waals surface area contributed by atoms with Crippen LogP contribution in [0.5, 0.6) is 0 Å². The van der Waals surface area contributed by atoms with Crippen LogP contribution in [0.25, 0.3) is 0 Å². The van der Waals surface area contributed by atoms with Crippen molar-refractivity contribution in [1.82, 2.24) is 4.72 Å². The van der Waals surface area contributed by atoms with Crippen molar-refractivity contribution in [2.24, 2.45) is 5.73 Å². The van der Waals surface area contributed by atoms with Gasteiger partial charge in [0.25, 0.3) is 11.8 Å². The van der Waals surface area contributed by atoms with Gasteiger partial charge in [0.05, 0.1) is 16.9 Å². The first-order valence-corrected chi connectivity index (χ1v) is 8.85. The molecule has 2 amide bonds. The number of sulfonamides is 1. The predicted octanol–water partition coefficient (Wildman–Crippen LogP) is 0.763. The molecule has 9 heteroatoms. The molecule has 2 aromatic carbocycles. The Labute approximate surface area is 144 Å². The van der Waals surface area contributed by atoms with Crippen LogP contribution >= 0.6 is 0 Å². The summed E-state index contributed by atoms with van der Waals surface area (Å²) in [5.41, 5.74) is 6.79. The van der Waals surface area contributed by atoms with Crippen LogP contribution in [0.3, 0.4) is 0 Å². The number of nitrogens with one attached hydrogen (secondary N) is 3. The van der Waals surface area contributed by atoms with Crippen molar-refractivity contribution in [2.45, 2.75) is 18.0 Å². The second kappa shape index (κ2) is 6.19. The third-order valence-corrected chi connectivity index (χ3v) is 5.19. The number of carbonyl (C=O) groups is 2. The highest BCUT2D eigenvalue weighted by Gasteiger charge is 2.33. The number of benzene rings is 2. The van der Waals surface area contributed by atoms with Crippen LogP contribution in [0.1, 0.15) is 15.9 Å². The summed E-state index contributed by atoms with van der Waals surface area (Å²) in [6.07, 6.45) is -1.22. The van der Waals surface area contributed by atoms with E-state index in [9.17, 15) is 18.0 Å². The molecule has 3 rings (SSSR count). The van der Waals surface area contributed by atoms with Crippen molar-refractivity contribution in [3.63, 3.8) is 0 Å². The van der Waals surface area contributed by atoms with Crippen molar-refractivity contribution in [3.05, 3.63) is 53.6 Å². The highest BCUT2D eigenvalue weighted by atomic mass is 32.2. The molecule has 0 unspecified atom stereocenters. The fourth-order valence-electron chi connectivity index (χ4n) is 2.53. The Kier molecular flexibility index (Phi) is 4.19. The fourth-order valence-corrected chi connectivity index (χ4v) is 3.78. The van der Waals surface area contributed by atoms with Crippen LogP contribution in [0.15, 0.2) is 47.4 Å². The normalized spacial score (nSPS) is 17.9. The third-order valence-electron chi connectivity index (χ3n) is 3.71. The molecule has 130 valence electrons. The van der Waals surface area contributed by atoms with E-state index in [2.05, 4.69) is 15.4 Å². The first-order valence-electron chi connectivity index (χ1n) is 7.37. The van der Waals surface area contributed by atoms with Crippen LogP contribution in [0, 0.1) is 6.92 Å². The lowest BCUT2D eigenvalue weighted by atomic mass is 10.1. The van der Waals surface area contributed by atoms with E-state index in [1.807, 2.05) is 6.92 Å². The SMILES string of the molecule is Cc1ccc2c(c1)N[C@H](C(=O)Nc1ccccc1C(N)=O)NS2(=O)=O. The smallest absolute Gasteiger partial charge is 0.262 e. The molecule has 0 fully saturated rings. The van der Waals surface area contributed by atoms with E-state index < -0.39 is 28.0 Å². The van der Waals surface area contributed by atoms with Crippen molar-refractivity contribution < 1.29 is 18.0 Å². The molecule has 2 aromatic rings. The molecule has 0 saturated carbocycles. The molecule has 1 heterocycles. The van der Waals surface area contributed by atoms with Crippen LogP contribution in [0.2, 0.25) is 0 Å². The lowest BCUT2D eigenvalue weighted by Crippen LogP contribution is -2.51. The summed E-state index contributed by atoms with van der Waals surface area (Å²) < 4.78 is 26.9. The minimum absolute atomic E-state index is 0.0692. The van der Waals surface area contributed by atoms with E-state index in [-0.39, 0.29) is 16.1 Å². The van der Waals surface area contributed by atoms with Gasteiger partial charge in [0.2, 0.25) is 10.0 Å². The molecule has 5 N–H and O–H groups in total. The lowest BCUT2D eigenvalue weighted by molar-refractivity contribution is -0.117. The van der Waals surface area contributed by atoms with Crippen LogP contribution < -0.4 is 21.1 Å². The molecule has 25 heavy (non-hydrogen) atoms. The number of primary amides is 1. The second-order valence-electron chi connectivity index (χ2n) is 5.60. The number of hydrogen-bond donors (Lipinski definition) is 4. The number of hydrogen-bond acceptors (Lipinski definition) is 5. The van der Waals surface area contributed by atoms with Gasteiger partial charge in [-0.2, -0.15) is 4.72 Å². The highest BCUT2D eigenvalue weighted by Crippen LogP contribution is 2.27. The molecular formula is C16H16N4O4S. The lowest BCUT2D eigenvalue weighted by Gasteiger charge is -2.27. The van der Waals surface area contributed by atoms with E-state index in [4.69, 9.17) is 5.73 Å². The molecule has 0 radical (unpaired) electrons. The van der Waals surface area contributed by atoms with E-state index in [1.165, 1.54) is 18.2 Å². The van der Waals surface area contributed by atoms with Crippen LogP contribution in [-0.2, 0) is 14.8 Å². The average Bonchev–Trinajstić information content (AvgIpc) is 2.53. The predicted molar refractivity (Wildman–Crippen MR) is 92.5 cm³/mol. The van der Waals surface area contributed by atoms with Gasteiger partial charge in [-0.15, -0.1) is 0 Å². The molecule has 1 atom stereocenters. The molecule has 0 aromatic heterocycles. The number of aryl methyl sites for hydroxylation is 1. The summed E-state index contributed by atoms with van der Waals surface area (Å²) in [4.78, 5) is 24.0. The van der Waals surface area contributed by atoms with E-state index in [1.54, 1.807) is 24.3 Å². The van der Waals surface area contributed by atoms with Gasteiger partial charge in [0.15, 0.2) is 6.17 Å². The van der Waals surface area contributed by atoms with Crippen molar-refractivity contribution in [1.29, 1.82) is 0 Å². The van der Waals surface area contributed by atoms with Gasteiger partial charge in [-0.25, -0.2) is 8.42 Å². The highest BCUT2D eigenvalue weighted by molar-refractivity contribution is 7.89. The molecule has 0 bridgehead atoms. The summed E-state index contributed by atoms with van der Waals surface area (Å²) in [5.74, 6) is -1.36. The number of amides is 2. The zero-order valence-electron chi connectivity index (χ0n) is 13.2. The first-order chi connectivity index (χ1) is 11.8. The van der Waals surface area contributed by atoms with Crippen LogP contribution in [-0.4, -0.2) is 26.4 Å². The quantitative estimate of drug-likeness (QED) is 0.642. The fraction of sp³-hybridized carbons (Fsp3) is 0.125. The van der Waals surface area contributed by atoms with Gasteiger partial charge in [-0.3, -0.25) is 9.59 Å². The van der Waals surface area contributed by atoms with Crippen LogP contribution in [0.4, 0.5) is 11.4 Å². The zero-order valence-corrected chi connectivity index (χ0v) is 14.1. The van der Waals surface area contributed by atoms with Gasteiger partial charge < -0.3 is 16.4 Å². The Balaban J connectivity index is 1.89. The molecule has 0 saturated heterocycles. The monoisotopic (exact) mass is 360 g/mol. The topological polar surface area (TPSA) is 130 Å². The molecule has 0 aliphatic carbocycles. The maximum Gasteiger partial charge on any atom is 0.262 e. The maximum absolute atomic E-state index is 12.5. The molecule has 1 aliphatic rings.